The van der Waals surface area contributed by atoms with Gasteiger partial charge in [0.2, 0.25) is 0 Å². The molecule has 1 aromatic rings. The lowest BCUT2D eigenvalue weighted by Gasteiger charge is -2.32. The fourth-order valence-electron chi connectivity index (χ4n) is 3.63. The topological polar surface area (TPSA) is 66.5 Å². The highest BCUT2D eigenvalue weighted by molar-refractivity contribution is 5.94. The highest BCUT2D eigenvalue weighted by Crippen LogP contribution is 2.17. The van der Waals surface area contributed by atoms with Gasteiger partial charge in [0.15, 0.2) is 0 Å². The van der Waals surface area contributed by atoms with E-state index >= 15 is 0 Å². The highest BCUT2D eigenvalue weighted by atomic mass is 16.5. The number of rotatable bonds is 6. The number of piperidine rings is 1. The molecule has 25 heavy (non-hydrogen) atoms. The molecule has 2 saturated heterocycles. The molecule has 0 saturated carbocycles. The van der Waals surface area contributed by atoms with Crippen LogP contribution in [0, 0.1) is 0 Å². The number of ether oxygens (including phenoxy) is 1. The Balaban J connectivity index is 1.42. The molecule has 0 bridgehead atoms. The fraction of sp³-hybridized carbons (Fsp3) is 0.684. The van der Waals surface area contributed by atoms with Crippen molar-refractivity contribution in [1.29, 1.82) is 0 Å². The molecule has 0 aliphatic carbocycles. The Labute approximate surface area is 150 Å². The van der Waals surface area contributed by atoms with Crippen molar-refractivity contribution in [2.24, 2.45) is 0 Å². The number of hydrogen-bond donors (Lipinski definition) is 2. The second kappa shape index (κ2) is 9.15. The van der Waals surface area contributed by atoms with Crippen LogP contribution < -0.4 is 10.6 Å². The molecular weight excluding hydrogens is 316 g/mol. The lowest BCUT2D eigenvalue weighted by molar-refractivity contribution is 0.0904. The molecule has 2 N–H and O–H groups in total. The van der Waals surface area contributed by atoms with Crippen LogP contribution in [0.2, 0.25) is 0 Å². The van der Waals surface area contributed by atoms with Crippen molar-refractivity contribution in [2.75, 3.05) is 38.7 Å². The summed E-state index contributed by atoms with van der Waals surface area (Å²) >= 11 is 0. The van der Waals surface area contributed by atoms with Gasteiger partial charge in [-0.15, -0.1) is 0 Å². The number of hydrogen-bond acceptors (Lipinski definition) is 5. The van der Waals surface area contributed by atoms with Gasteiger partial charge in [0.1, 0.15) is 5.82 Å². The molecule has 1 unspecified atom stereocenters. The van der Waals surface area contributed by atoms with Crippen LogP contribution in [0.5, 0.6) is 0 Å². The zero-order chi connectivity index (χ0) is 17.5. The first-order valence-electron chi connectivity index (χ1n) is 9.51. The van der Waals surface area contributed by atoms with E-state index in [-0.39, 0.29) is 5.91 Å². The zero-order valence-corrected chi connectivity index (χ0v) is 15.2. The summed E-state index contributed by atoms with van der Waals surface area (Å²) in [5.41, 5.74) is 0.620. The summed E-state index contributed by atoms with van der Waals surface area (Å²) in [6, 6.07) is 4.74. The fourth-order valence-corrected chi connectivity index (χ4v) is 3.63. The van der Waals surface area contributed by atoms with E-state index in [1.54, 1.807) is 6.20 Å². The smallest absolute Gasteiger partial charge is 0.252 e. The van der Waals surface area contributed by atoms with Gasteiger partial charge in [-0.25, -0.2) is 4.98 Å². The summed E-state index contributed by atoms with van der Waals surface area (Å²) in [7, 11) is 2.18. The van der Waals surface area contributed by atoms with E-state index in [0.717, 1.165) is 44.8 Å². The van der Waals surface area contributed by atoms with E-state index in [4.69, 9.17) is 4.74 Å². The summed E-state index contributed by atoms with van der Waals surface area (Å²) in [5, 5.41) is 6.43. The molecule has 6 nitrogen and oxygen atoms in total. The van der Waals surface area contributed by atoms with Crippen molar-refractivity contribution in [2.45, 2.75) is 50.6 Å². The van der Waals surface area contributed by atoms with E-state index < -0.39 is 0 Å². The number of likely N-dealkylation sites (tertiary alicyclic amines) is 1. The third-order valence-corrected chi connectivity index (χ3v) is 5.28. The van der Waals surface area contributed by atoms with Crippen LogP contribution in [-0.2, 0) is 4.74 Å². The van der Waals surface area contributed by atoms with Gasteiger partial charge < -0.3 is 20.3 Å². The third kappa shape index (κ3) is 5.41. The molecule has 3 heterocycles. The molecule has 2 fully saturated rings. The lowest BCUT2D eigenvalue weighted by atomic mass is 10.0. The van der Waals surface area contributed by atoms with Crippen LogP contribution in [0.15, 0.2) is 18.3 Å². The Hall–Kier alpha value is -1.66. The Morgan fingerprint density at radius 3 is 2.84 bits per heavy atom. The van der Waals surface area contributed by atoms with Crippen LogP contribution in [0.4, 0.5) is 5.82 Å². The molecule has 0 spiro atoms. The minimum atomic E-state index is -0.0384. The minimum absolute atomic E-state index is 0.0384. The molecule has 6 heteroatoms. The van der Waals surface area contributed by atoms with Crippen LogP contribution >= 0.6 is 0 Å². The Kier molecular flexibility index (Phi) is 6.64. The molecule has 138 valence electrons. The number of carbonyl (C=O) groups excluding carboxylic acids is 1. The average molecular weight is 346 g/mol. The number of anilines is 1. The number of carbonyl (C=O) groups is 1. The first-order valence-corrected chi connectivity index (χ1v) is 9.51. The number of amides is 1. The van der Waals surface area contributed by atoms with Gasteiger partial charge in [-0.05, 0) is 57.8 Å². The predicted octanol–water partition coefficient (Wildman–Crippen LogP) is 2.28. The summed E-state index contributed by atoms with van der Waals surface area (Å²) in [5.74, 6) is 0.788. The molecule has 1 amide bonds. The molecule has 1 atom stereocenters. The summed E-state index contributed by atoms with van der Waals surface area (Å²) in [6.45, 7) is 3.49. The van der Waals surface area contributed by atoms with Crippen LogP contribution in [0.3, 0.4) is 0 Å². The van der Waals surface area contributed by atoms with Crippen molar-refractivity contribution in [3.63, 3.8) is 0 Å². The Bertz CT molecular complexity index is 543. The SMILES string of the molecule is CN1CCCCC1CCNC(=O)c1ccc(NC2CCOCC2)nc1. The maximum atomic E-state index is 12.3. The standard InChI is InChI=1S/C19H30N4O2/c1-23-11-3-2-4-17(23)7-10-20-19(24)15-5-6-18(21-14-15)22-16-8-12-25-13-9-16/h5-6,14,16-17H,2-4,7-13H2,1H3,(H,20,24)(H,21,22). The number of nitrogens with one attached hydrogen (secondary N) is 2. The van der Waals surface area contributed by atoms with Gasteiger partial charge in [-0.1, -0.05) is 6.42 Å². The van der Waals surface area contributed by atoms with Crippen LogP contribution in [0.25, 0.3) is 0 Å². The summed E-state index contributed by atoms with van der Waals surface area (Å²) in [6.07, 6.45) is 8.50. The first kappa shape index (κ1) is 18.1. The van der Waals surface area contributed by atoms with Crippen molar-refractivity contribution < 1.29 is 9.53 Å². The molecule has 0 aromatic carbocycles. The van der Waals surface area contributed by atoms with Gasteiger partial charge in [0.05, 0.1) is 5.56 Å². The monoisotopic (exact) mass is 346 g/mol. The second-order valence-corrected chi connectivity index (χ2v) is 7.14. The van der Waals surface area contributed by atoms with E-state index in [1.165, 1.54) is 25.8 Å². The Morgan fingerprint density at radius 1 is 1.28 bits per heavy atom. The highest BCUT2D eigenvalue weighted by Gasteiger charge is 2.19. The first-order chi connectivity index (χ1) is 12.2. The minimum Gasteiger partial charge on any atom is -0.381 e. The lowest BCUT2D eigenvalue weighted by Crippen LogP contribution is -2.39. The van der Waals surface area contributed by atoms with Gasteiger partial charge in [-0.3, -0.25) is 4.79 Å². The van der Waals surface area contributed by atoms with Gasteiger partial charge in [0.25, 0.3) is 5.91 Å². The van der Waals surface area contributed by atoms with Gasteiger partial charge in [-0.2, -0.15) is 0 Å². The van der Waals surface area contributed by atoms with Crippen molar-refractivity contribution in [1.82, 2.24) is 15.2 Å². The molecule has 2 aliphatic heterocycles. The Morgan fingerprint density at radius 2 is 2.12 bits per heavy atom. The molecular formula is C19H30N4O2. The maximum absolute atomic E-state index is 12.3. The normalized spacial score (nSPS) is 22.5. The van der Waals surface area contributed by atoms with Gasteiger partial charge in [0, 0.05) is 38.0 Å². The summed E-state index contributed by atoms with van der Waals surface area (Å²) < 4.78 is 5.36. The quantitative estimate of drug-likeness (QED) is 0.827. The predicted molar refractivity (Wildman–Crippen MR) is 98.9 cm³/mol. The van der Waals surface area contributed by atoms with Gasteiger partial charge >= 0.3 is 0 Å². The second-order valence-electron chi connectivity index (χ2n) is 7.14. The van der Waals surface area contributed by atoms with Crippen LogP contribution in [-0.4, -0.2) is 61.2 Å². The van der Waals surface area contributed by atoms with E-state index in [0.29, 0.717) is 17.6 Å². The summed E-state index contributed by atoms with van der Waals surface area (Å²) in [4.78, 5) is 19.1. The number of nitrogens with zero attached hydrogens (tertiary/aromatic N) is 2. The number of aromatic nitrogens is 1. The van der Waals surface area contributed by atoms with E-state index in [1.807, 2.05) is 12.1 Å². The third-order valence-electron chi connectivity index (χ3n) is 5.28. The average Bonchev–Trinajstić information content (AvgIpc) is 2.65. The molecule has 3 rings (SSSR count). The van der Waals surface area contributed by atoms with E-state index in [2.05, 4.69) is 27.6 Å². The zero-order valence-electron chi connectivity index (χ0n) is 15.2. The molecule has 0 radical (unpaired) electrons. The molecule has 2 aliphatic rings. The van der Waals surface area contributed by atoms with Crippen molar-refractivity contribution >= 4 is 11.7 Å². The molecule has 1 aromatic heterocycles. The van der Waals surface area contributed by atoms with Crippen molar-refractivity contribution in [3.8, 4) is 0 Å². The largest absolute Gasteiger partial charge is 0.381 e. The van der Waals surface area contributed by atoms with E-state index in [9.17, 15) is 4.79 Å². The van der Waals surface area contributed by atoms with Crippen molar-refractivity contribution in [3.05, 3.63) is 23.9 Å². The maximum Gasteiger partial charge on any atom is 0.252 e. The van der Waals surface area contributed by atoms with Crippen LogP contribution in [0.1, 0.15) is 48.9 Å². The number of pyridine rings is 1.